The summed E-state index contributed by atoms with van der Waals surface area (Å²) in [6.07, 6.45) is 13.5. The summed E-state index contributed by atoms with van der Waals surface area (Å²) in [5.41, 5.74) is -0.448. The number of aliphatic hydroxyl groups is 1. The van der Waals surface area contributed by atoms with Gasteiger partial charge in [-0.25, -0.2) is 9.69 Å². The molecule has 0 aliphatic heterocycles. The third-order valence-corrected chi connectivity index (χ3v) is 12.6. The van der Waals surface area contributed by atoms with Gasteiger partial charge >= 0.3 is 0 Å². The number of rotatable bonds is 0. The van der Waals surface area contributed by atoms with Crippen LogP contribution in [0.25, 0.3) is 9.69 Å². The first-order valence-electron chi connectivity index (χ1n) is 15.9. The first-order valence-corrected chi connectivity index (χ1v) is 15.9. The van der Waals surface area contributed by atoms with Crippen LogP contribution in [0.2, 0.25) is 0 Å². The molecule has 6 rings (SSSR count). The smallest absolute Gasteiger partial charge is 0.226 e. The van der Waals surface area contributed by atoms with Crippen molar-refractivity contribution >= 4 is 23.1 Å². The van der Waals surface area contributed by atoms with E-state index in [2.05, 4.69) is 23.5 Å². The van der Waals surface area contributed by atoms with Crippen LogP contribution in [0.3, 0.4) is 0 Å². The molecule has 0 aromatic heterocycles. The molecule has 0 amide bonds. The van der Waals surface area contributed by atoms with Crippen molar-refractivity contribution in [2.75, 3.05) is 0 Å². The Morgan fingerprint density at radius 1 is 0.733 bits per heavy atom. The number of fused-ring (bicyclic) bond motifs is 6. The van der Waals surface area contributed by atoms with Crippen LogP contribution < -0.4 is 0 Å². The van der Waals surface area contributed by atoms with Crippen LogP contribution in [0.4, 0.5) is 0 Å². The van der Waals surface area contributed by atoms with E-state index < -0.39 is 33.2 Å². The van der Waals surface area contributed by atoms with Crippen molar-refractivity contribution in [2.24, 2.45) is 44.3 Å². The summed E-state index contributed by atoms with van der Waals surface area (Å²) in [4.78, 5) is 56.2. The number of aliphatic hydroxyl groups excluding tert-OH is 1. The number of ketones is 4. The highest BCUT2D eigenvalue weighted by atomic mass is 16.3. The SMILES string of the molecule is [C-]#[N+]C1=C[C@]2(C)C3=CC(=O)C=C[C@]3(C)CC[C@H]2C(C)(C)C1=O.[C-]#[N+]C1=C[C@]2(C)C3=CC(=O)C[C@@H](O)[C@]3(C)CC[C@H]2C(C)(C)C1=O. The fraction of sp³-hybridized carbons (Fsp3) is 0.579. The number of allylic oxidation sites excluding steroid dienone is 9. The normalized spacial score (nSPS) is 40.7. The summed E-state index contributed by atoms with van der Waals surface area (Å²) in [6.45, 7) is 30.7. The van der Waals surface area contributed by atoms with Gasteiger partial charge in [0.15, 0.2) is 23.1 Å². The molecule has 0 bridgehead atoms. The van der Waals surface area contributed by atoms with Crippen LogP contribution in [-0.2, 0) is 19.2 Å². The maximum absolute atomic E-state index is 12.6. The van der Waals surface area contributed by atoms with Crippen LogP contribution in [-0.4, -0.2) is 34.3 Å². The molecule has 2 saturated carbocycles. The van der Waals surface area contributed by atoms with Crippen LogP contribution in [0.5, 0.6) is 0 Å². The summed E-state index contributed by atoms with van der Waals surface area (Å²) in [6, 6.07) is 0. The molecule has 7 nitrogen and oxygen atoms in total. The molecule has 0 heterocycles. The molecular formula is C38H44N2O5. The van der Waals surface area contributed by atoms with E-state index in [1.807, 2.05) is 53.7 Å². The molecule has 0 aromatic rings. The van der Waals surface area contributed by atoms with Gasteiger partial charge in [0, 0.05) is 38.9 Å². The van der Waals surface area contributed by atoms with E-state index in [9.17, 15) is 24.3 Å². The topological polar surface area (TPSA) is 97.2 Å². The van der Waals surface area contributed by atoms with Gasteiger partial charge in [-0.2, -0.15) is 0 Å². The minimum absolute atomic E-state index is 0.00168. The molecule has 7 heteroatoms. The van der Waals surface area contributed by atoms with Gasteiger partial charge in [0.1, 0.15) is 0 Å². The van der Waals surface area contributed by atoms with Gasteiger partial charge in [-0.15, -0.1) is 0 Å². The largest absolute Gasteiger partial charge is 0.392 e. The van der Waals surface area contributed by atoms with Crippen LogP contribution in [0, 0.1) is 57.5 Å². The van der Waals surface area contributed by atoms with Crippen molar-refractivity contribution in [1.82, 2.24) is 0 Å². The maximum Gasteiger partial charge on any atom is 0.226 e. The van der Waals surface area contributed by atoms with Gasteiger partial charge in [-0.3, -0.25) is 9.59 Å². The lowest BCUT2D eigenvalue weighted by molar-refractivity contribution is -0.132. The van der Waals surface area contributed by atoms with E-state index in [1.165, 1.54) is 0 Å². The standard InChI is InChI=1S/C19H23NO3.C19H21NO2/c1-17(2)13-6-7-18(3)14(8-11(21)9-15(18)22)19(13,4)10-12(20-5)16(17)23;1-17(2)14-7-9-18(3)8-6-12(21)10-15(18)19(14,4)11-13(20-5)16(17)22/h8,10,13,15,22H,6-7,9H2,1-4H3;6,8,10-11,14H,7,9H2,1-4H3/t13-,15+,18+,19-;14-,18+,19-/m00/s1. The fourth-order valence-corrected chi connectivity index (χ4v) is 10.0. The van der Waals surface area contributed by atoms with Crippen molar-refractivity contribution < 1.29 is 24.3 Å². The van der Waals surface area contributed by atoms with Crippen molar-refractivity contribution in [2.45, 2.75) is 93.6 Å². The molecule has 0 aromatic carbocycles. The van der Waals surface area contributed by atoms with Crippen molar-refractivity contribution in [3.63, 3.8) is 0 Å². The molecule has 1 N–H and O–H groups in total. The molecule has 0 unspecified atom stereocenters. The first-order chi connectivity index (χ1) is 20.7. The lowest BCUT2D eigenvalue weighted by Gasteiger charge is -2.59. The van der Waals surface area contributed by atoms with Crippen LogP contribution >= 0.6 is 0 Å². The molecule has 6 aliphatic carbocycles. The minimum atomic E-state index is -0.696. The lowest BCUT2D eigenvalue weighted by Crippen LogP contribution is -2.56. The quantitative estimate of drug-likeness (QED) is 0.300. The molecule has 0 saturated heterocycles. The average molecular weight is 609 g/mol. The number of carbonyl (C=O) groups excluding carboxylic acids is 4. The number of Topliss-reactive ketones (excluding diaryl/α,β-unsaturated/α-hetero) is 2. The third-order valence-electron chi connectivity index (χ3n) is 12.6. The first kappa shape index (κ1) is 32.7. The Morgan fingerprint density at radius 2 is 1.22 bits per heavy atom. The third kappa shape index (κ3) is 4.53. The van der Waals surface area contributed by atoms with E-state index in [0.717, 1.165) is 36.8 Å². The monoisotopic (exact) mass is 608 g/mol. The maximum atomic E-state index is 12.6. The lowest BCUT2D eigenvalue weighted by atomic mass is 9.45. The van der Waals surface area contributed by atoms with Gasteiger partial charge < -0.3 is 14.7 Å². The second-order valence-corrected chi connectivity index (χ2v) is 16.0. The van der Waals surface area contributed by atoms with E-state index in [0.29, 0.717) is 0 Å². The van der Waals surface area contributed by atoms with E-state index in [4.69, 9.17) is 13.1 Å². The van der Waals surface area contributed by atoms with Crippen LogP contribution in [0.15, 0.2) is 59.0 Å². The van der Waals surface area contributed by atoms with Crippen molar-refractivity contribution in [1.29, 1.82) is 0 Å². The second kappa shape index (κ2) is 10.2. The van der Waals surface area contributed by atoms with Gasteiger partial charge in [-0.05, 0) is 66.9 Å². The number of hydrogen-bond acceptors (Lipinski definition) is 5. The van der Waals surface area contributed by atoms with Gasteiger partial charge in [0.05, 0.1) is 19.2 Å². The van der Waals surface area contributed by atoms with Crippen molar-refractivity contribution in [3.05, 3.63) is 81.8 Å². The highest BCUT2D eigenvalue weighted by Crippen LogP contribution is 2.65. The van der Waals surface area contributed by atoms with Gasteiger partial charge in [-0.1, -0.05) is 73.6 Å². The summed E-state index contributed by atoms with van der Waals surface area (Å²) in [5, 5.41) is 10.5. The summed E-state index contributed by atoms with van der Waals surface area (Å²) >= 11 is 0. The van der Waals surface area contributed by atoms with Gasteiger partial charge in [0.25, 0.3) is 0 Å². The Kier molecular flexibility index (Phi) is 7.39. The predicted molar refractivity (Wildman–Crippen MR) is 171 cm³/mol. The molecule has 2 fully saturated rings. The van der Waals surface area contributed by atoms with E-state index >= 15 is 0 Å². The Labute approximate surface area is 266 Å². The van der Waals surface area contributed by atoms with Crippen molar-refractivity contribution in [3.8, 4) is 0 Å². The molecule has 0 radical (unpaired) electrons. The Bertz CT molecular complexity index is 1670. The number of hydrogen-bond donors (Lipinski definition) is 1. The molecule has 0 spiro atoms. The molecule has 236 valence electrons. The highest BCUT2D eigenvalue weighted by molar-refractivity contribution is 6.04. The zero-order chi connectivity index (χ0) is 33.5. The van der Waals surface area contributed by atoms with Gasteiger partial charge in [0.2, 0.25) is 11.4 Å². The zero-order valence-electron chi connectivity index (χ0n) is 27.7. The Hall–Kier alpha value is -3.68. The second-order valence-electron chi connectivity index (χ2n) is 16.0. The number of nitrogens with zero attached hydrogens (tertiary/aromatic N) is 2. The minimum Gasteiger partial charge on any atom is -0.392 e. The van der Waals surface area contributed by atoms with E-state index in [1.54, 1.807) is 24.3 Å². The molecule has 6 aliphatic rings. The fourth-order valence-electron chi connectivity index (χ4n) is 10.0. The number of carbonyl (C=O) groups is 4. The summed E-state index contributed by atoms with van der Waals surface area (Å²) < 4.78 is 0. The van der Waals surface area contributed by atoms with E-state index in [-0.39, 0.29) is 58.2 Å². The molecular weight excluding hydrogens is 564 g/mol. The Morgan fingerprint density at radius 3 is 1.73 bits per heavy atom. The molecule has 7 atom stereocenters. The zero-order valence-corrected chi connectivity index (χ0v) is 27.7. The predicted octanol–water partition coefficient (Wildman–Crippen LogP) is 6.97. The highest BCUT2D eigenvalue weighted by Gasteiger charge is 2.61. The average Bonchev–Trinajstić information content (AvgIpc) is 2.95. The molecule has 45 heavy (non-hydrogen) atoms. The Balaban J connectivity index is 0.000000178. The van der Waals surface area contributed by atoms with Crippen LogP contribution in [0.1, 0.15) is 87.5 Å². The summed E-state index contributed by atoms with van der Waals surface area (Å²) in [5.74, 6) is -0.0862. The summed E-state index contributed by atoms with van der Waals surface area (Å²) in [7, 11) is 0.